The van der Waals surface area contributed by atoms with Crippen molar-refractivity contribution in [1.29, 1.82) is 0 Å². The zero-order chi connectivity index (χ0) is 23.3. The van der Waals surface area contributed by atoms with Crippen LogP contribution in [0.2, 0.25) is 0 Å². The summed E-state index contributed by atoms with van der Waals surface area (Å²) in [7, 11) is 0. The molecule has 4 N–H and O–H groups in total. The van der Waals surface area contributed by atoms with E-state index >= 15 is 0 Å². The van der Waals surface area contributed by atoms with E-state index in [1.807, 2.05) is 0 Å². The molecule has 6 unspecified atom stereocenters. The quantitative estimate of drug-likeness (QED) is 0.434. The highest BCUT2D eigenvalue weighted by atomic mass is 16.9. The van der Waals surface area contributed by atoms with E-state index in [-0.39, 0.29) is 12.2 Å². The number of amides is 2. The van der Waals surface area contributed by atoms with Crippen molar-refractivity contribution in [3.8, 4) is 0 Å². The molecule has 3 heterocycles. The van der Waals surface area contributed by atoms with Crippen molar-refractivity contribution in [2.45, 2.75) is 70.0 Å². The minimum Gasteiger partial charge on any atom is -0.595 e. The van der Waals surface area contributed by atoms with Crippen molar-refractivity contribution in [1.82, 2.24) is 5.32 Å². The van der Waals surface area contributed by atoms with Gasteiger partial charge in [0.15, 0.2) is 29.7 Å². The molecular formula is C20H27N3O9. The van der Waals surface area contributed by atoms with Crippen molar-refractivity contribution in [3.05, 3.63) is 29.5 Å². The predicted octanol–water partition coefficient (Wildman–Crippen LogP) is -0.459. The Balaban J connectivity index is 1.39. The monoisotopic (exact) mass is 453 g/mol. The molecule has 3 aliphatic rings. The van der Waals surface area contributed by atoms with Crippen molar-refractivity contribution >= 4 is 23.2 Å². The van der Waals surface area contributed by atoms with Crippen LogP contribution in [0.15, 0.2) is 24.3 Å². The summed E-state index contributed by atoms with van der Waals surface area (Å²) in [5.74, 6) is -2.96. The zero-order valence-electron chi connectivity index (χ0n) is 18.1. The Morgan fingerprint density at radius 1 is 1.06 bits per heavy atom. The van der Waals surface area contributed by atoms with Crippen LogP contribution in [0, 0.1) is 5.21 Å². The maximum absolute atomic E-state index is 12.9. The molecule has 176 valence electrons. The molecule has 0 radical (unpaired) electrons. The number of fused-ring (bicyclic) bond motifs is 3. The number of quaternary nitrogens is 1. The van der Waals surface area contributed by atoms with E-state index < -0.39 is 59.3 Å². The first-order chi connectivity index (χ1) is 14.9. The van der Waals surface area contributed by atoms with Gasteiger partial charge in [-0.2, -0.15) is 5.23 Å². The van der Waals surface area contributed by atoms with E-state index in [1.165, 1.54) is 18.2 Å². The molecule has 2 amide bonds. The second kappa shape index (κ2) is 8.32. The second-order valence-electron chi connectivity index (χ2n) is 8.74. The molecule has 0 saturated carbocycles. The minimum atomic E-state index is -1.11. The topological polar surface area (TPSA) is 152 Å². The molecule has 3 fully saturated rings. The van der Waals surface area contributed by atoms with Gasteiger partial charge in [0, 0.05) is 17.8 Å². The maximum Gasteiger partial charge on any atom is 0.252 e. The second-order valence-corrected chi connectivity index (χ2v) is 8.74. The molecule has 12 heteroatoms. The first-order valence-corrected chi connectivity index (χ1v) is 10.2. The molecule has 4 rings (SSSR count). The summed E-state index contributed by atoms with van der Waals surface area (Å²) < 4.78 is 29.4. The summed E-state index contributed by atoms with van der Waals surface area (Å²) in [5.41, 5.74) is 0.333. The standard InChI is InChI=1S/C20H27N3O9/c1-19(2)29-13-14(30-19)16-18(32-20(3,4)31-16)28-15(13)17(25)21-9-12(24)22-10-6-5-7-11(8-10)23(26)27/h5-8,13-16,18,23,26H,9H2,1-4H3,(H,21,25)(H,22,24). The van der Waals surface area contributed by atoms with E-state index in [1.54, 1.807) is 33.8 Å². The SMILES string of the molecule is CC1(C)OC2OC(C(=O)NCC(=O)Nc3cccc([NH+]([O-])O)c3)C3OC(C)(C)OC3C2O1. The van der Waals surface area contributed by atoms with Gasteiger partial charge in [0.25, 0.3) is 5.91 Å². The van der Waals surface area contributed by atoms with E-state index in [2.05, 4.69) is 10.6 Å². The Bertz CT molecular complexity index is 891. The minimum absolute atomic E-state index is 0.0331. The van der Waals surface area contributed by atoms with Crippen LogP contribution in [0.25, 0.3) is 0 Å². The fourth-order valence-corrected chi connectivity index (χ4v) is 4.03. The summed E-state index contributed by atoms with van der Waals surface area (Å²) >= 11 is 0. The first kappa shape index (κ1) is 23.0. The fraction of sp³-hybridized carbons (Fsp3) is 0.600. The normalized spacial score (nSPS) is 33.1. The van der Waals surface area contributed by atoms with Crippen LogP contribution in [-0.4, -0.2) is 65.8 Å². The van der Waals surface area contributed by atoms with E-state index in [0.717, 1.165) is 0 Å². The molecule has 0 spiro atoms. The van der Waals surface area contributed by atoms with Crippen LogP contribution in [0.5, 0.6) is 0 Å². The highest BCUT2D eigenvalue weighted by Gasteiger charge is 2.62. The van der Waals surface area contributed by atoms with Crippen molar-refractivity contribution < 1.29 is 43.7 Å². The highest BCUT2D eigenvalue weighted by Crippen LogP contribution is 2.44. The zero-order valence-corrected chi connectivity index (χ0v) is 18.1. The summed E-state index contributed by atoms with van der Waals surface area (Å²) in [6, 6.07) is 5.79. The molecule has 0 aliphatic carbocycles. The van der Waals surface area contributed by atoms with Crippen molar-refractivity contribution in [3.63, 3.8) is 0 Å². The fourth-order valence-electron chi connectivity index (χ4n) is 4.03. The molecule has 6 atom stereocenters. The van der Waals surface area contributed by atoms with Gasteiger partial charge in [0.05, 0.1) is 6.54 Å². The molecule has 0 aromatic heterocycles. The van der Waals surface area contributed by atoms with Crippen LogP contribution in [0.4, 0.5) is 11.4 Å². The predicted molar refractivity (Wildman–Crippen MR) is 106 cm³/mol. The molecular weight excluding hydrogens is 426 g/mol. The van der Waals surface area contributed by atoms with Gasteiger partial charge in [-0.3, -0.25) is 9.59 Å². The van der Waals surface area contributed by atoms with E-state index in [0.29, 0.717) is 5.69 Å². The van der Waals surface area contributed by atoms with E-state index in [9.17, 15) is 14.8 Å². The number of rotatable bonds is 5. The lowest BCUT2D eigenvalue weighted by Gasteiger charge is -2.36. The van der Waals surface area contributed by atoms with E-state index in [4.69, 9.17) is 28.9 Å². The van der Waals surface area contributed by atoms with Crippen LogP contribution >= 0.6 is 0 Å². The average Bonchev–Trinajstić information content (AvgIpc) is 3.19. The van der Waals surface area contributed by atoms with Gasteiger partial charge >= 0.3 is 0 Å². The van der Waals surface area contributed by atoms with Crippen LogP contribution in [0.3, 0.4) is 0 Å². The number of anilines is 1. The molecule has 3 saturated heterocycles. The third kappa shape index (κ3) is 4.77. The molecule has 3 aliphatic heterocycles. The molecule has 12 nitrogen and oxygen atoms in total. The average molecular weight is 453 g/mol. The van der Waals surface area contributed by atoms with Gasteiger partial charge in [-0.25, -0.2) is 5.21 Å². The molecule has 32 heavy (non-hydrogen) atoms. The van der Waals surface area contributed by atoms with Crippen molar-refractivity contribution in [2.75, 3.05) is 11.9 Å². The molecule has 1 aromatic carbocycles. The van der Waals surface area contributed by atoms with Gasteiger partial charge in [0.1, 0.15) is 18.3 Å². The third-order valence-corrected chi connectivity index (χ3v) is 5.23. The van der Waals surface area contributed by atoms with Gasteiger partial charge < -0.3 is 39.5 Å². The Morgan fingerprint density at radius 2 is 1.72 bits per heavy atom. The Hall–Kier alpha value is -2.16. The molecule has 0 bridgehead atoms. The Morgan fingerprint density at radius 3 is 2.44 bits per heavy atom. The summed E-state index contributed by atoms with van der Waals surface area (Å²) in [6.45, 7) is 6.59. The lowest BCUT2D eigenvalue weighted by Crippen LogP contribution is -2.99. The van der Waals surface area contributed by atoms with Gasteiger partial charge in [-0.05, 0) is 33.8 Å². The number of benzene rings is 1. The van der Waals surface area contributed by atoms with Crippen LogP contribution in [-0.2, 0) is 33.3 Å². The number of nitrogens with one attached hydrogen (secondary N) is 3. The number of carbonyl (C=O) groups is 2. The summed E-state index contributed by atoms with van der Waals surface area (Å²) in [4.78, 5) is 25.1. The number of hydrogen-bond donors (Lipinski definition) is 4. The smallest absolute Gasteiger partial charge is 0.252 e. The molecule has 1 aromatic rings. The lowest BCUT2D eigenvalue weighted by atomic mass is 9.98. The highest BCUT2D eigenvalue weighted by molar-refractivity contribution is 5.95. The lowest BCUT2D eigenvalue weighted by molar-refractivity contribution is -0.991. The number of hydrogen-bond acceptors (Lipinski definition) is 9. The Labute approximate surface area is 184 Å². The summed E-state index contributed by atoms with van der Waals surface area (Å²) in [6.07, 6.45) is -3.81. The van der Waals surface area contributed by atoms with Gasteiger partial charge in [0.2, 0.25) is 5.91 Å². The van der Waals surface area contributed by atoms with Gasteiger partial charge in [-0.15, -0.1) is 0 Å². The third-order valence-electron chi connectivity index (χ3n) is 5.23. The largest absolute Gasteiger partial charge is 0.595 e. The van der Waals surface area contributed by atoms with Gasteiger partial charge in [-0.1, -0.05) is 6.07 Å². The van der Waals surface area contributed by atoms with Crippen LogP contribution < -0.4 is 15.9 Å². The van der Waals surface area contributed by atoms with Crippen molar-refractivity contribution in [2.24, 2.45) is 0 Å². The Kier molecular flexibility index (Phi) is 5.98. The summed E-state index contributed by atoms with van der Waals surface area (Å²) in [5, 5.41) is 24.1. The number of ether oxygens (including phenoxy) is 5. The van der Waals surface area contributed by atoms with Crippen LogP contribution in [0.1, 0.15) is 27.7 Å². The maximum atomic E-state index is 12.9. The number of carbonyl (C=O) groups excluding carboxylic acids is 2. The first-order valence-electron chi connectivity index (χ1n) is 10.2.